The second-order valence-corrected chi connectivity index (χ2v) is 7.56. The zero-order valence-corrected chi connectivity index (χ0v) is 17.1. The summed E-state index contributed by atoms with van der Waals surface area (Å²) < 4.78 is 10.8. The Morgan fingerprint density at radius 3 is 2.61 bits per heavy atom. The molecule has 6 nitrogen and oxygen atoms in total. The third-order valence-electron chi connectivity index (χ3n) is 4.12. The van der Waals surface area contributed by atoms with E-state index < -0.39 is 11.8 Å². The second-order valence-electron chi connectivity index (χ2n) is 5.88. The van der Waals surface area contributed by atoms with Gasteiger partial charge >= 0.3 is 0 Å². The van der Waals surface area contributed by atoms with Crippen LogP contribution in [-0.2, 0) is 4.79 Å². The van der Waals surface area contributed by atoms with Crippen LogP contribution in [-0.4, -0.2) is 35.4 Å². The molecule has 1 saturated heterocycles. The topological polar surface area (TPSA) is 67.9 Å². The van der Waals surface area contributed by atoms with Crippen molar-refractivity contribution in [2.24, 2.45) is 0 Å². The second kappa shape index (κ2) is 8.45. The first kappa shape index (κ1) is 19.9. The van der Waals surface area contributed by atoms with Crippen LogP contribution in [0.4, 0.5) is 0 Å². The van der Waals surface area contributed by atoms with Crippen molar-refractivity contribution >= 4 is 46.2 Å². The molecule has 0 aromatic heterocycles. The average molecular weight is 415 g/mol. The van der Waals surface area contributed by atoms with Crippen LogP contribution in [0.5, 0.6) is 11.5 Å². The molecule has 0 radical (unpaired) electrons. The highest BCUT2D eigenvalue weighted by Crippen LogP contribution is 2.34. The summed E-state index contributed by atoms with van der Waals surface area (Å²) in [5, 5.41) is 1.09. The van der Waals surface area contributed by atoms with Gasteiger partial charge in [-0.15, -0.1) is 0 Å². The standard InChI is InChI=1S/C20H18N2O4S2/c1-12-6-4-5-7-15(12)18(23)21-22-19(24)17(28-20(22)27)10-13-8-9-14(25-2)11-16(13)26-3/h4-11H,1-3H3,(H,21,23)/b17-10-. The minimum absolute atomic E-state index is 0.255. The lowest BCUT2D eigenvalue weighted by atomic mass is 10.1. The fourth-order valence-electron chi connectivity index (χ4n) is 2.63. The minimum Gasteiger partial charge on any atom is -0.497 e. The number of carbonyl (C=O) groups is 2. The molecule has 144 valence electrons. The Kier molecular flexibility index (Phi) is 6.01. The Morgan fingerprint density at radius 1 is 1.18 bits per heavy atom. The Balaban J connectivity index is 1.83. The molecule has 0 spiro atoms. The molecule has 1 aliphatic heterocycles. The van der Waals surface area contributed by atoms with Gasteiger partial charge in [-0.3, -0.25) is 15.0 Å². The molecular formula is C20H18N2O4S2. The number of nitrogens with one attached hydrogen (secondary N) is 1. The van der Waals surface area contributed by atoms with Crippen LogP contribution in [0.2, 0.25) is 0 Å². The molecule has 2 aromatic carbocycles. The number of hydrogen-bond acceptors (Lipinski definition) is 6. The molecule has 0 bridgehead atoms. The highest BCUT2D eigenvalue weighted by atomic mass is 32.2. The molecule has 3 rings (SSSR count). The summed E-state index contributed by atoms with van der Waals surface area (Å²) in [4.78, 5) is 25.7. The normalized spacial score (nSPS) is 15.1. The largest absolute Gasteiger partial charge is 0.497 e. The molecular weight excluding hydrogens is 396 g/mol. The van der Waals surface area contributed by atoms with Crippen molar-refractivity contribution in [1.82, 2.24) is 10.4 Å². The van der Waals surface area contributed by atoms with Gasteiger partial charge in [0.2, 0.25) is 0 Å². The Morgan fingerprint density at radius 2 is 1.93 bits per heavy atom. The van der Waals surface area contributed by atoms with Gasteiger partial charge in [-0.05, 0) is 49.0 Å². The molecule has 0 atom stereocenters. The van der Waals surface area contributed by atoms with E-state index in [0.29, 0.717) is 27.5 Å². The summed E-state index contributed by atoms with van der Waals surface area (Å²) in [6.07, 6.45) is 1.68. The van der Waals surface area contributed by atoms with Crippen molar-refractivity contribution < 1.29 is 19.1 Å². The van der Waals surface area contributed by atoms with Crippen LogP contribution in [0, 0.1) is 6.92 Å². The summed E-state index contributed by atoms with van der Waals surface area (Å²) in [7, 11) is 3.11. The van der Waals surface area contributed by atoms with Gasteiger partial charge in [-0.25, -0.2) is 0 Å². The lowest BCUT2D eigenvalue weighted by molar-refractivity contribution is -0.123. The predicted molar refractivity (Wildman–Crippen MR) is 113 cm³/mol. The van der Waals surface area contributed by atoms with Crippen molar-refractivity contribution in [3.63, 3.8) is 0 Å². The van der Waals surface area contributed by atoms with E-state index in [9.17, 15) is 9.59 Å². The van der Waals surface area contributed by atoms with Gasteiger partial charge in [-0.1, -0.05) is 30.0 Å². The van der Waals surface area contributed by atoms with E-state index in [-0.39, 0.29) is 4.32 Å². The first-order valence-corrected chi connectivity index (χ1v) is 9.53. The van der Waals surface area contributed by atoms with Gasteiger partial charge < -0.3 is 9.47 Å². The van der Waals surface area contributed by atoms with Crippen LogP contribution in [0.1, 0.15) is 21.5 Å². The fraction of sp³-hybridized carbons (Fsp3) is 0.150. The summed E-state index contributed by atoms with van der Waals surface area (Å²) in [6.45, 7) is 1.83. The lowest BCUT2D eigenvalue weighted by Crippen LogP contribution is -2.45. The van der Waals surface area contributed by atoms with Gasteiger partial charge in [0, 0.05) is 17.2 Å². The van der Waals surface area contributed by atoms with Crippen molar-refractivity contribution in [3.05, 3.63) is 64.1 Å². The summed E-state index contributed by atoms with van der Waals surface area (Å²) in [5.41, 5.74) is 4.58. The van der Waals surface area contributed by atoms with Crippen molar-refractivity contribution in [1.29, 1.82) is 0 Å². The third-order valence-corrected chi connectivity index (χ3v) is 5.43. The molecule has 1 aliphatic rings. The van der Waals surface area contributed by atoms with Crippen molar-refractivity contribution in [3.8, 4) is 11.5 Å². The Hall–Kier alpha value is -2.84. The highest BCUT2D eigenvalue weighted by molar-refractivity contribution is 8.26. The minimum atomic E-state index is -0.394. The SMILES string of the molecule is COc1ccc(/C=C2\SC(=S)N(NC(=O)c3ccccc3C)C2=O)c(OC)c1. The van der Waals surface area contributed by atoms with E-state index in [1.165, 1.54) is 0 Å². The number of ether oxygens (including phenoxy) is 2. The predicted octanol–water partition coefficient (Wildman–Crippen LogP) is 3.56. The molecule has 2 aromatic rings. The molecule has 0 aliphatic carbocycles. The van der Waals surface area contributed by atoms with Gasteiger partial charge in [-0.2, -0.15) is 5.01 Å². The molecule has 1 heterocycles. The van der Waals surface area contributed by atoms with Crippen LogP contribution in [0.25, 0.3) is 6.08 Å². The van der Waals surface area contributed by atoms with Crippen LogP contribution in [0.15, 0.2) is 47.4 Å². The van der Waals surface area contributed by atoms with Crippen molar-refractivity contribution in [2.45, 2.75) is 6.92 Å². The number of hydrazine groups is 1. The Labute approximate surface area is 172 Å². The number of carbonyl (C=O) groups excluding carboxylic acids is 2. The monoisotopic (exact) mass is 414 g/mol. The number of nitrogens with zero attached hydrogens (tertiary/aromatic N) is 1. The maximum atomic E-state index is 12.8. The van der Waals surface area contributed by atoms with Gasteiger partial charge in [0.1, 0.15) is 11.5 Å². The van der Waals surface area contributed by atoms with Crippen LogP contribution in [0.3, 0.4) is 0 Å². The first-order valence-electron chi connectivity index (χ1n) is 8.31. The van der Waals surface area contributed by atoms with Gasteiger partial charge in [0.15, 0.2) is 4.32 Å². The van der Waals surface area contributed by atoms with Crippen LogP contribution < -0.4 is 14.9 Å². The van der Waals surface area contributed by atoms with E-state index in [2.05, 4.69) is 5.43 Å². The molecule has 28 heavy (non-hydrogen) atoms. The summed E-state index contributed by atoms with van der Waals surface area (Å²) >= 11 is 6.39. The number of rotatable bonds is 5. The van der Waals surface area contributed by atoms with Crippen molar-refractivity contribution in [2.75, 3.05) is 14.2 Å². The number of aryl methyl sites for hydroxylation is 1. The quantitative estimate of drug-likeness (QED) is 0.596. The first-order chi connectivity index (χ1) is 13.4. The number of thiocarbonyl (C=S) groups is 1. The van der Waals surface area contributed by atoms with Gasteiger partial charge in [0.05, 0.1) is 19.1 Å². The number of benzene rings is 2. The van der Waals surface area contributed by atoms with E-state index in [0.717, 1.165) is 22.3 Å². The molecule has 2 amide bonds. The smallest absolute Gasteiger partial charge is 0.285 e. The van der Waals surface area contributed by atoms with Gasteiger partial charge in [0.25, 0.3) is 11.8 Å². The number of hydrogen-bond donors (Lipinski definition) is 1. The summed E-state index contributed by atoms with van der Waals surface area (Å²) in [6, 6.07) is 12.4. The average Bonchev–Trinajstić information content (AvgIpc) is 2.96. The lowest BCUT2D eigenvalue weighted by Gasteiger charge is -2.16. The fourth-order valence-corrected chi connectivity index (χ4v) is 3.80. The summed E-state index contributed by atoms with van der Waals surface area (Å²) in [5.74, 6) is 0.424. The third kappa shape index (κ3) is 4.02. The van der Waals surface area contributed by atoms with E-state index >= 15 is 0 Å². The van der Waals surface area contributed by atoms with Crippen LogP contribution >= 0.6 is 24.0 Å². The maximum absolute atomic E-state index is 12.8. The molecule has 1 N–H and O–H groups in total. The number of amides is 2. The zero-order valence-electron chi connectivity index (χ0n) is 15.5. The molecule has 0 unspecified atom stereocenters. The number of thioether (sulfide) groups is 1. The molecule has 0 saturated carbocycles. The number of methoxy groups -OCH3 is 2. The molecule has 1 fully saturated rings. The van der Waals surface area contributed by atoms with E-state index in [1.54, 1.807) is 50.6 Å². The highest BCUT2D eigenvalue weighted by Gasteiger charge is 2.34. The van der Waals surface area contributed by atoms with E-state index in [1.807, 2.05) is 19.1 Å². The molecule has 8 heteroatoms. The Bertz CT molecular complexity index is 988. The van der Waals surface area contributed by atoms with E-state index in [4.69, 9.17) is 21.7 Å². The zero-order chi connectivity index (χ0) is 20.3. The maximum Gasteiger partial charge on any atom is 0.285 e.